The number of carbonyl (C=O) groups is 1. The standard InChI is InChI=1S/C27H27F3N4O2/c28-27(29,30)23-12-21(6-5-18(23)13-31)33-9-7-26(8-10-33)17-34(15-20(26)16-35)25(36)11-19-14-32-24-4-2-1-3-22(19)24/h1-6,12,14,20,32,35H,7-11,15-17H2. The summed E-state index contributed by atoms with van der Waals surface area (Å²) >= 11 is 0. The number of H-pyrrole nitrogens is 1. The van der Waals surface area contributed by atoms with Crippen LogP contribution in [0.1, 0.15) is 29.5 Å². The summed E-state index contributed by atoms with van der Waals surface area (Å²) in [6.45, 7) is 2.02. The highest BCUT2D eigenvalue weighted by atomic mass is 19.4. The number of piperidine rings is 1. The fourth-order valence-corrected chi connectivity index (χ4v) is 5.86. The molecule has 3 heterocycles. The second kappa shape index (κ2) is 9.17. The monoisotopic (exact) mass is 496 g/mol. The van der Waals surface area contributed by atoms with Crippen LogP contribution in [0.4, 0.5) is 18.9 Å². The molecule has 2 aliphatic rings. The number of anilines is 1. The van der Waals surface area contributed by atoms with Crippen molar-refractivity contribution in [3.8, 4) is 6.07 Å². The highest BCUT2D eigenvalue weighted by molar-refractivity contribution is 5.89. The molecule has 2 aromatic carbocycles. The summed E-state index contributed by atoms with van der Waals surface area (Å²) < 4.78 is 40.3. The number of hydrogen-bond donors (Lipinski definition) is 2. The summed E-state index contributed by atoms with van der Waals surface area (Å²) in [4.78, 5) is 20.1. The van der Waals surface area contributed by atoms with Crippen molar-refractivity contribution in [1.29, 1.82) is 5.26 Å². The zero-order valence-electron chi connectivity index (χ0n) is 19.7. The fourth-order valence-electron chi connectivity index (χ4n) is 5.86. The molecule has 6 nitrogen and oxygen atoms in total. The van der Waals surface area contributed by atoms with Crippen molar-refractivity contribution in [3.05, 3.63) is 65.4 Å². The van der Waals surface area contributed by atoms with Crippen LogP contribution in [0.25, 0.3) is 10.9 Å². The number of aliphatic hydroxyl groups excluding tert-OH is 1. The number of benzene rings is 2. The van der Waals surface area contributed by atoms with Crippen LogP contribution < -0.4 is 4.90 Å². The number of alkyl halides is 3. The number of carbonyl (C=O) groups excluding carboxylic acids is 1. The molecule has 1 unspecified atom stereocenters. The summed E-state index contributed by atoms with van der Waals surface area (Å²) in [5, 5.41) is 20.2. The third-order valence-corrected chi connectivity index (χ3v) is 7.96. The van der Waals surface area contributed by atoms with E-state index in [-0.39, 0.29) is 35.8 Å². The first-order valence-corrected chi connectivity index (χ1v) is 12.0. The number of hydrogen-bond acceptors (Lipinski definition) is 4. The Balaban J connectivity index is 1.29. The lowest BCUT2D eigenvalue weighted by atomic mass is 9.71. The van der Waals surface area contributed by atoms with Gasteiger partial charge in [0.2, 0.25) is 5.91 Å². The van der Waals surface area contributed by atoms with Crippen LogP contribution in [0.15, 0.2) is 48.7 Å². The maximum Gasteiger partial charge on any atom is 0.417 e. The van der Waals surface area contributed by atoms with Crippen molar-refractivity contribution >= 4 is 22.5 Å². The minimum Gasteiger partial charge on any atom is -0.396 e. The highest BCUT2D eigenvalue weighted by Crippen LogP contribution is 2.46. The van der Waals surface area contributed by atoms with Gasteiger partial charge in [-0.05, 0) is 48.1 Å². The summed E-state index contributed by atoms with van der Waals surface area (Å²) in [7, 11) is 0. The number of halogens is 3. The second-order valence-corrected chi connectivity index (χ2v) is 9.88. The molecule has 2 N–H and O–H groups in total. The Kier molecular flexibility index (Phi) is 6.17. The first-order chi connectivity index (χ1) is 17.2. The number of amides is 1. The molecule has 9 heteroatoms. The predicted molar refractivity (Wildman–Crippen MR) is 129 cm³/mol. The normalized spacial score (nSPS) is 19.7. The van der Waals surface area contributed by atoms with Crippen molar-refractivity contribution in [2.24, 2.45) is 11.3 Å². The van der Waals surface area contributed by atoms with Gasteiger partial charge in [0.25, 0.3) is 0 Å². The van der Waals surface area contributed by atoms with Crippen molar-refractivity contribution in [1.82, 2.24) is 9.88 Å². The average molecular weight is 497 g/mol. The number of likely N-dealkylation sites (tertiary alicyclic amines) is 1. The Morgan fingerprint density at radius 3 is 2.64 bits per heavy atom. The van der Waals surface area contributed by atoms with Gasteiger partial charge in [0, 0.05) is 61.5 Å². The number of aliphatic hydroxyl groups is 1. The number of aromatic nitrogens is 1. The van der Waals surface area contributed by atoms with Crippen molar-refractivity contribution in [2.45, 2.75) is 25.4 Å². The molecular weight excluding hydrogens is 469 g/mol. The van der Waals surface area contributed by atoms with E-state index in [1.54, 1.807) is 12.1 Å². The van der Waals surface area contributed by atoms with Gasteiger partial charge in [-0.25, -0.2) is 0 Å². The van der Waals surface area contributed by atoms with Crippen LogP contribution in [-0.4, -0.2) is 53.7 Å². The van der Waals surface area contributed by atoms with E-state index in [4.69, 9.17) is 5.26 Å². The Hall–Kier alpha value is -3.51. The maximum atomic E-state index is 13.4. The fraction of sp³-hybridized carbons (Fsp3) is 0.407. The molecule has 1 atom stereocenters. The van der Waals surface area contributed by atoms with Gasteiger partial charge < -0.3 is 19.9 Å². The van der Waals surface area contributed by atoms with Crippen LogP contribution in [-0.2, 0) is 17.4 Å². The molecule has 0 saturated carbocycles. The first kappa shape index (κ1) is 24.2. The molecule has 1 spiro atoms. The number of nitriles is 1. The van der Waals surface area contributed by atoms with Gasteiger partial charge >= 0.3 is 6.18 Å². The molecule has 0 bridgehead atoms. The number of nitrogens with zero attached hydrogens (tertiary/aromatic N) is 3. The van der Waals surface area contributed by atoms with Gasteiger partial charge in [-0.3, -0.25) is 4.79 Å². The van der Waals surface area contributed by atoms with Crippen molar-refractivity contribution in [2.75, 3.05) is 37.7 Å². The molecule has 2 aliphatic heterocycles. The topological polar surface area (TPSA) is 83.4 Å². The lowest BCUT2D eigenvalue weighted by Gasteiger charge is -2.43. The minimum absolute atomic E-state index is 0.0134. The molecule has 0 aliphatic carbocycles. The molecule has 0 radical (unpaired) electrons. The first-order valence-electron chi connectivity index (χ1n) is 12.0. The largest absolute Gasteiger partial charge is 0.417 e. The third kappa shape index (κ3) is 4.30. The van der Waals surface area contributed by atoms with E-state index in [2.05, 4.69) is 4.98 Å². The smallest absolute Gasteiger partial charge is 0.396 e. The Morgan fingerprint density at radius 2 is 1.94 bits per heavy atom. The van der Waals surface area contributed by atoms with Gasteiger partial charge in [-0.2, -0.15) is 18.4 Å². The lowest BCUT2D eigenvalue weighted by Crippen LogP contribution is -2.45. The number of aromatic amines is 1. The van der Waals surface area contributed by atoms with Gasteiger partial charge in [-0.1, -0.05) is 18.2 Å². The van der Waals surface area contributed by atoms with Gasteiger partial charge in [-0.15, -0.1) is 0 Å². The van der Waals surface area contributed by atoms with E-state index in [9.17, 15) is 23.1 Å². The van der Waals surface area contributed by atoms with Crippen molar-refractivity contribution < 1.29 is 23.1 Å². The Morgan fingerprint density at radius 1 is 1.19 bits per heavy atom. The second-order valence-electron chi connectivity index (χ2n) is 9.88. The van der Waals surface area contributed by atoms with E-state index >= 15 is 0 Å². The predicted octanol–water partition coefficient (Wildman–Crippen LogP) is 4.34. The number of para-hydroxylation sites is 1. The van der Waals surface area contributed by atoms with Crippen LogP contribution in [0.5, 0.6) is 0 Å². The van der Waals surface area contributed by atoms with E-state index in [1.165, 1.54) is 6.07 Å². The summed E-state index contributed by atoms with van der Waals surface area (Å²) in [5.41, 5.74) is 0.775. The summed E-state index contributed by atoms with van der Waals surface area (Å²) in [6.07, 6.45) is -1.14. The molecule has 2 saturated heterocycles. The Bertz CT molecular complexity index is 1320. The maximum absolute atomic E-state index is 13.4. The lowest BCUT2D eigenvalue weighted by molar-refractivity contribution is -0.137. The van der Waals surface area contributed by atoms with E-state index in [0.29, 0.717) is 44.7 Å². The SMILES string of the molecule is N#Cc1ccc(N2CCC3(CC2)CN(C(=O)Cc2c[nH]c4ccccc24)CC3CO)cc1C(F)(F)F. The summed E-state index contributed by atoms with van der Waals surface area (Å²) in [6, 6.07) is 13.3. The van der Waals surface area contributed by atoms with Crippen LogP contribution >= 0.6 is 0 Å². The quantitative estimate of drug-likeness (QED) is 0.563. The van der Waals surface area contributed by atoms with E-state index < -0.39 is 11.7 Å². The molecular formula is C27H27F3N4O2. The minimum atomic E-state index is -4.60. The molecule has 3 aromatic rings. The van der Waals surface area contributed by atoms with E-state index in [1.807, 2.05) is 40.3 Å². The highest BCUT2D eigenvalue weighted by Gasteiger charge is 2.49. The number of rotatable bonds is 4. The summed E-state index contributed by atoms with van der Waals surface area (Å²) in [5.74, 6) is -0.0577. The molecule has 1 aromatic heterocycles. The average Bonchev–Trinajstić information content (AvgIpc) is 3.45. The zero-order chi connectivity index (χ0) is 25.5. The van der Waals surface area contributed by atoms with Gasteiger partial charge in [0.15, 0.2) is 0 Å². The molecule has 36 heavy (non-hydrogen) atoms. The molecule has 1 amide bonds. The number of fused-ring (bicyclic) bond motifs is 1. The third-order valence-electron chi connectivity index (χ3n) is 7.96. The number of nitrogens with one attached hydrogen (secondary N) is 1. The van der Waals surface area contributed by atoms with E-state index in [0.717, 1.165) is 22.5 Å². The molecule has 188 valence electrons. The zero-order valence-corrected chi connectivity index (χ0v) is 19.7. The Labute approximate surface area is 206 Å². The van der Waals surface area contributed by atoms with Crippen LogP contribution in [0.3, 0.4) is 0 Å². The van der Waals surface area contributed by atoms with Gasteiger partial charge in [0.1, 0.15) is 0 Å². The van der Waals surface area contributed by atoms with Crippen molar-refractivity contribution in [3.63, 3.8) is 0 Å². The van der Waals surface area contributed by atoms with Crippen LogP contribution in [0.2, 0.25) is 0 Å². The molecule has 2 fully saturated rings. The molecule has 5 rings (SSSR count). The van der Waals surface area contributed by atoms with Gasteiger partial charge in [0.05, 0.1) is 23.6 Å². The van der Waals surface area contributed by atoms with Crippen LogP contribution in [0, 0.1) is 22.7 Å².